The fourth-order valence-corrected chi connectivity index (χ4v) is 2.20. The van der Waals surface area contributed by atoms with E-state index in [1.165, 1.54) is 0 Å². The van der Waals surface area contributed by atoms with Gasteiger partial charge in [-0.2, -0.15) is 0 Å². The highest BCUT2D eigenvalue weighted by Gasteiger charge is 2.15. The summed E-state index contributed by atoms with van der Waals surface area (Å²) in [6, 6.07) is 4.12. The topological polar surface area (TPSA) is 60.0 Å². The van der Waals surface area contributed by atoms with Gasteiger partial charge in [-0.1, -0.05) is 0 Å². The van der Waals surface area contributed by atoms with Gasteiger partial charge in [-0.15, -0.1) is 0 Å². The molecule has 0 fully saturated rings. The lowest BCUT2D eigenvalue weighted by atomic mass is 10.1. The average Bonchev–Trinajstić information content (AvgIpc) is 2.52. The molecule has 1 aromatic rings. The van der Waals surface area contributed by atoms with Crippen LogP contribution in [0.1, 0.15) is 37.8 Å². The van der Waals surface area contributed by atoms with Gasteiger partial charge in [0.1, 0.15) is 0 Å². The molecule has 1 aromatic carbocycles. The summed E-state index contributed by atoms with van der Waals surface area (Å²) in [7, 11) is 4.84. The molecule has 0 saturated heterocycles. The molecule has 0 aliphatic rings. The Balaban J connectivity index is 2.73. The van der Waals surface area contributed by atoms with Crippen molar-refractivity contribution in [3.8, 4) is 17.2 Å². The third-order valence-electron chi connectivity index (χ3n) is 3.47. The zero-order valence-electron chi connectivity index (χ0n) is 13.4. The van der Waals surface area contributed by atoms with Crippen molar-refractivity contribution in [2.45, 2.75) is 32.2 Å². The molecule has 0 aliphatic carbocycles. The second-order valence-electron chi connectivity index (χ2n) is 4.92. The normalized spacial score (nSPS) is 12.0. The predicted molar refractivity (Wildman–Crippen MR) is 83.5 cm³/mol. The third kappa shape index (κ3) is 5.10. The van der Waals surface area contributed by atoms with Gasteiger partial charge in [0.2, 0.25) is 5.75 Å². The van der Waals surface area contributed by atoms with Crippen molar-refractivity contribution in [3.63, 3.8) is 0 Å². The fourth-order valence-electron chi connectivity index (χ4n) is 2.20. The van der Waals surface area contributed by atoms with Crippen molar-refractivity contribution >= 4 is 0 Å². The van der Waals surface area contributed by atoms with Crippen LogP contribution in [0.2, 0.25) is 0 Å². The van der Waals surface area contributed by atoms with Gasteiger partial charge in [0.25, 0.3) is 0 Å². The van der Waals surface area contributed by atoms with Crippen LogP contribution in [0.4, 0.5) is 0 Å². The number of aliphatic hydroxyl groups excluding tert-OH is 1. The maximum absolute atomic E-state index is 8.76. The van der Waals surface area contributed by atoms with Gasteiger partial charge in [-0.3, -0.25) is 0 Å². The molecule has 0 saturated carbocycles. The summed E-state index contributed by atoms with van der Waals surface area (Å²) < 4.78 is 16.1. The molecule has 0 heterocycles. The molecule has 1 atom stereocenters. The Morgan fingerprint density at radius 2 is 1.62 bits per heavy atom. The van der Waals surface area contributed by atoms with E-state index in [0.29, 0.717) is 17.2 Å². The zero-order valence-corrected chi connectivity index (χ0v) is 13.4. The number of nitrogens with one attached hydrogen (secondary N) is 1. The molecular formula is C16H27NO4. The van der Waals surface area contributed by atoms with E-state index in [0.717, 1.165) is 31.4 Å². The molecule has 2 N–H and O–H groups in total. The monoisotopic (exact) mass is 297 g/mol. The largest absolute Gasteiger partial charge is 0.493 e. The van der Waals surface area contributed by atoms with E-state index in [-0.39, 0.29) is 12.6 Å². The molecule has 21 heavy (non-hydrogen) atoms. The SMILES string of the molecule is COc1cc(C(C)NCCCCCO)cc(OC)c1OC. The van der Waals surface area contributed by atoms with Crippen LogP contribution in [0.5, 0.6) is 17.2 Å². The molecule has 120 valence electrons. The summed E-state index contributed by atoms with van der Waals surface area (Å²) in [6.07, 6.45) is 2.95. The number of ether oxygens (including phenoxy) is 3. The first kappa shape index (κ1) is 17.6. The predicted octanol–water partition coefficient (Wildman–Crippen LogP) is 2.53. The van der Waals surface area contributed by atoms with Gasteiger partial charge < -0.3 is 24.6 Å². The summed E-state index contributed by atoms with van der Waals surface area (Å²) in [4.78, 5) is 0. The van der Waals surface area contributed by atoms with E-state index in [1.54, 1.807) is 21.3 Å². The minimum absolute atomic E-state index is 0.188. The van der Waals surface area contributed by atoms with Gasteiger partial charge >= 0.3 is 0 Å². The van der Waals surface area contributed by atoms with Crippen molar-refractivity contribution in [1.29, 1.82) is 0 Å². The van der Waals surface area contributed by atoms with Crippen LogP contribution in [0, 0.1) is 0 Å². The maximum atomic E-state index is 8.76. The van der Waals surface area contributed by atoms with Crippen molar-refractivity contribution in [2.75, 3.05) is 34.5 Å². The van der Waals surface area contributed by atoms with Crippen LogP contribution in [0.15, 0.2) is 12.1 Å². The smallest absolute Gasteiger partial charge is 0.203 e. The van der Waals surface area contributed by atoms with Crippen molar-refractivity contribution in [3.05, 3.63) is 17.7 Å². The highest BCUT2D eigenvalue weighted by molar-refractivity contribution is 5.54. The molecule has 0 aliphatic heterocycles. The van der Waals surface area contributed by atoms with Gasteiger partial charge in [-0.05, 0) is 50.4 Å². The molecule has 5 nitrogen and oxygen atoms in total. The molecule has 0 bridgehead atoms. The molecule has 1 unspecified atom stereocenters. The summed E-state index contributed by atoms with van der Waals surface area (Å²) >= 11 is 0. The van der Waals surface area contributed by atoms with E-state index >= 15 is 0 Å². The van der Waals surface area contributed by atoms with Crippen molar-refractivity contribution in [2.24, 2.45) is 0 Å². The maximum Gasteiger partial charge on any atom is 0.203 e. The van der Waals surface area contributed by atoms with Crippen LogP contribution in [0.3, 0.4) is 0 Å². The number of rotatable bonds is 10. The van der Waals surface area contributed by atoms with E-state index < -0.39 is 0 Å². The van der Waals surface area contributed by atoms with Crippen molar-refractivity contribution < 1.29 is 19.3 Å². The van der Waals surface area contributed by atoms with E-state index in [9.17, 15) is 0 Å². The number of hydrogen-bond donors (Lipinski definition) is 2. The van der Waals surface area contributed by atoms with Crippen LogP contribution < -0.4 is 19.5 Å². The standard InChI is InChI=1S/C16H27NO4/c1-12(17-8-6-5-7-9-18)13-10-14(19-2)16(21-4)15(11-13)20-3/h10-12,17-18H,5-9H2,1-4H3. The quantitative estimate of drug-likeness (QED) is 0.650. The average molecular weight is 297 g/mol. The summed E-state index contributed by atoms with van der Waals surface area (Å²) in [6.45, 7) is 3.28. The number of aliphatic hydroxyl groups is 1. The number of unbranched alkanes of at least 4 members (excludes halogenated alkanes) is 2. The lowest BCUT2D eigenvalue weighted by molar-refractivity contribution is 0.282. The third-order valence-corrected chi connectivity index (χ3v) is 3.47. The molecule has 5 heteroatoms. The highest BCUT2D eigenvalue weighted by atomic mass is 16.5. The van der Waals surface area contributed by atoms with Gasteiger partial charge in [0.15, 0.2) is 11.5 Å². The first-order chi connectivity index (χ1) is 10.2. The second kappa shape index (κ2) is 9.47. The summed E-state index contributed by atoms with van der Waals surface area (Å²) in [5, 5.41) is 12.2. The molecule has 0 radical (unpaired) electrons. The van der Waals surface area contributed by atoms with Crippen molar-refractivity contribution in [1.82, 2.24) is 5.32 Å². The molecular weight excluding hydrogens is 270 g/mol. The summed E-state index contributed by atoms with van der Waals surface area (Å²) in [5.74, 6) is 1.94. The van der Waals surface area contributed by atoms with Crippen LogP contribution >= 0.6 is 0 Å². The Bertz CT molecular complexity index is 398. The summed E-state index contributed by atoms with van der Waals surface area (Å²) in [5.41, 5.74) is 1.09. The van der Waals surface area contributed by atoms with E-state index in [4.69, 9.17) is 19.3 Å². The number of hydrogen-bond acceptors (Lipinski definition) is 5. The van der Waals surface area contributed by atoms with Crippen LogP contribution in [-0.2, 0) is 0 Å². The zero-order chi connectivity index (χ0) is 15.7. The Labute approximate surface area is 127 Å². The first-order valence-electron chi connectivity index (χ1n) is 7.32. The van der Waals surface area contributed by atoms with Crippen LogP contribution in [0.25, 0.3) is 0 Å². The minimum Gasteiger partial charge on any atom is -0.493 e. The molecule has 1 rings (SSSR count). The minimum atomic E-state index is 0.188. The Morgan fingerprint density at radius 1 is 1.00 bits per heavy atom. The van der Waals surface area contributed by atoms with Crippen LogP contribution in [-0.4, -0.2) is 39.6 Å². The van der Waals surface area contributed by atoms with Gasteiger partial charge in [-0.25, -0.2) is 0 Å². The van der Waals surface area contributed by atoms with Gasteiger partial charge in [0.05, 0.1) is 21.3 Å². The van der Waals surface area contributed by atoms with Gasteiger partial charge in [0, 0.05) is 12.6 Å². The number of benzene rings is 1. The fraction of sp³-hybridized carbons (Fsp3) is 0.625. The Kier molecular flexibility index (Phi) is 7.93. The lowest BCUT2D eigenvalue weighted by Gasteiger charge is -2.18. The Morgan fingerprint density at radius 3 is 2.10 bits per heavy atom. The molecule has 0 spiro atoms. The van der Waals surface area contributed by atoms with E-state index in [1.807, 2.05) is 12.1 Å². The molecule has 0 aromatic heterocycles. The first-order valence-corrected chi connectivity index (χ1v) is 7.32. The lowest BCUT2D eigenvalue weighted by Crippen LogP contribution is -2.20. The Hall–Kier alpha value is -1.46. The molecule has 0 amide bonds. The second-order valence-corrected chi connectivity index (χ2v) is 4.92. The number of methoxy groups -OCH3 is 3. The van der Waals surface area contributed by atoms with E-state index in [2.05, 4.69) is 12.2 Å². The highest BCUT2D eigenvalue weighted by Crippen LogP contribution is 2.39.